The van der Waals surface area contributed by atoms with Gasteiger partial charge in [0.1, 0.15) is 0 Å². The van der Waals surface area contributed by atoms with E-state index < -0.39 is 17.8 Å². The van der Waals surface area contributed by atoms with Gasteiger partial charge in [-0.1, -0.05) is 29.8 Å². The maximum atomic E-state index is 13.1. The Bertz CT molecular complexity index is 805. The number of carbonyl (C=O) groups is 1. The van der Waals surface area contributed by atoms with Gasteiger partial charge in [0, 0.05) is 31.4 Å². The van der Waals surface area contributed by atoms with E-state index in [4.69, 9.17) is 0 Å². The van der Waals surface area contributed by atoms with Gasteiger partial charge in [0.2, 0.25) is 0 Å². The van der Waals surface area contributed by atoms with Crippen molar-refractivity contribution in [2.24, 2.45) is 0 Å². The maximum Gasteiger partial charge on any atom is 0.418 e. The second-order valence-corrected chi connectivity index (χ2v) is 6.80. The third kappa shape index (κ3) is 4.35. The predicted molar refractivity (Wildman–Crippen MR) is 100 cm³/mol. The van der Waals surface area contributed by atoms with Crippen LogP contribution in [-0.2, 0) is 6.18 Å². The fourth-order valence-electron chi connectivity index (χ4n) is 3.30. The number of nitrogens with zero attached hydrogens (tertiary/aromatic N) is 2. The SMILES string of the molecule is Cc1ccc(N2CCN(C(=O)Nc3ccccc3C(F)(F)F)C[C@@H]2C)cc1. The zero-order valence-corrected chi connectivity index (χ0v) is 15.3. The van der Waals surface area contributed by atoms with E-state index in [2.05, 4.69) is 10.2 Å². The molecule has 2 aromatic carbocycles. The molecule has 0 spiro atoms. The van der Waals surface area contributed by atoms with Crippen molar-refractivity contribution in [1.29, 1.82) is 0 Å². The average Bonchev–Trinajstić information content (AvgIpc) is 2.62. The number of rotatable bonds is 2. The Kier molecular flexibility index (Phi) is 5.30. The third-order valence-electron chi connectivity index (χ3n) is 4.75. The number of aryl methyl sites for hydroxylation is 1. The number of para-hydroxylation sites is 1. The van der Waals surface area contributed by atoms with Crippen molar-refractivity contribution in [3.05, 3.63) is 59.7 Å². The van der Waals surface area contributed by atoms with Crippen LogP contribution in [0.2, 0.25) is 0 Å². The number of anilines is 2. The van der Waals surface area contributed by atoms with Gasteiger partial charge in [0.15, 0.2) is 0 Å². The fraction of sp³-hybridized carbons (Fsp3) is 0.350. The van der Waals surface area contributed by atoms with E-state index in [1.54, 1.807) is 4.90 Å². The summed E-state index contributed by atoms with van der Waals surface area (Å²) in [4.78, 5) is 16.3. The molecule has 7 heteroatoms. The molecule has 0 radical (unpaired) electrons. The van der Waals surface area contributed by atoms with E-state index in [1.807, 2.05) is 38.1 Å². The van der Waals surface area contributed by atoms with E-state index in [1.165, 1.54) is 23.8 Å². The summed E-state index contributed by atoms with van der Waals surface area (Å²) in [6, 6.07) is 12.7. The number of hydrogen-bond donors (Lipinski definition) is 1. The van der Waals surface area contributed by atoms with Gasteiger partial charge in [-0.3, -0.25) is 0 Å². The quantitative estimate of drug-likeness (QED) is 0.819. The maximum absolute atomic E-state index is 13.1. The molecule has 1 aliphatic rings. The minimum absolute atomic E-state index is 0.0602. The summed E-state index contributed by atoms with van der Waals surface area (Å²) in [6.45, 7) is 5.53. The van der Waals surface area contributed by atoms with Gasteiger partial charge in [-0.25, -0.2) is 4.79 Å². The molecule has 0 unspecified atom stereocenters. The molecule has 0 bridgehead atoms. The van der Waals surface area contributed by atoms with Crippen LogP contribution in [0.25, 0.3) is 0 Å². The molecule has 27 heavy (non-hydrogen) atoms. The highest BCUT2D eigenvalue weighted by Crippen LogP contribution is 2.34. The molecule has 1 aliphatic heterocycles. The van der Waals surface area contributed by atoms with Crippen LogP contribution in [-0.4, -0.2) is 36.6 Å². The van der Waals surface area contributed by atoms with Gasteiger partial charge in [0.25, 0.3) is 0 Å². The van der Waals surface area contributed by atoms with Crippen LogP contribution in [0.3, 0.4) is 0 Å². The monoisotopic (exact) mass is 377 g/mol. The Labute approximate surface area is 156 Å². The molecular formula is C20H22F3N3O. The van der Waals surface area contributed by atoms with Crippen molar-refractivity contribution in [3.63, 3.8) is 0 Å². The molecule has 1 atom stereocenters. The first kappa shape index (κ1) is 19.1. The molecule has 4 nitrogen and oxygen atoms in total. The van der Waals surface area contributed by atoms with Crippen molar-refractivity contribution >= 4 is 17.4 Å². The van der Waals surface area contributed by atoms with Crippen LogP contribution in [0.1, 0.15) is 18.1 Å². The Morgan fingerprint density at radius 3 is 2.37 bits per heavy atom. The lowest BCUT2D eigenvalue weighted by atomic mass is 10.1. The lowest BCUT2D eigenvalue weighted by Crippen LogP contribution is -2.54. The molecule has 2 amide bonds. The largest absolute Gasteiger partial charge is 0.418 e. The first-order chi connectivity index (χ1) is 12.8. The highest BCUT2D eigenvalue weighted by Gasteiger charge is 2.34. The first-order valence-electron chi connectivity index (χ1n) is 8.81. The zero-order valence-electron chi connectivity index (χ0n) is 15.3. The lowest BCUT2D eigenvalue weighted by Gasteiger charge is -2.41. The van der Waals surface area contributed by atoms with E-state index in [0.717, 1.165) is 11.8 Å². The summed E-state index contributed by atoms with van der Waals surface area (Å²) in [6.07, 6.45) is -4.51. The smallest absolute Gasteiger partial charge is 0.365 e. The summed E-state index contributed by atoms with van der Waals surface area (Å²) >= 11 is 0. The van der Waals surface area contributed by atoms with Crippen molar-refractivity contribution in [2.75, 3.05) is 29.9 Å². The van der Waals surface area contributed by atoms with Crippen LogP contribution in [0.15, 0.2) is 48.5 Å². The van der Waals surface area contributed by atoms with E-state index >= 15 is 0 Å². The van der Waals surface area contributed by atoms with Crippen LogP contribution in [0, 0.1) is 6.92 Å². The van der Waals surface area contributed by atoms with E-state index in [-0.39, 0.29) is 11.7 Å². The lowest BCUT2D eigenvalue weighted by molar-refractivity contribution is -0.136. The predicted octanol–water partition coefficient (Wildman–Crippen LogP) is 4.76. The average molecular weight is 377 g/mol. The third-order valence-corrected chi connectivity index (χ3v) is 4.75. The summed E-state index contributed by atoms with van der Waals surface area (Å²) < 4.78 is 39.3. The molecule has 1 saturated heterocycles. The Hall–Kier alpha value is -2.70. The molecule has 0 aliphatic carbocycles. The minimum Gasteiger partial charge on any atom is -0.365 e. The van der Waals surface area contributed by atoms with Gasteiger partial charge in [0.05, 0.1) is 11.3 Å². The summed E-state index contributed by atoms with van der Waals surface area (Å²) in [5.74, 6) is 0. The molecule has 1 heterocycles. The Morgan fingerprint density at radius 2 is 1.74 bits per heavy atom. The standard InChI is InChI=1S/C20H22F3N3O/c1-14-7-9-16(10-8-14)26-12-11-25(13-15(26)2)19(27)24-18-6-4-3-5-17(18)20(21,22)23/h3-10,15H,11-13H2,1-2H3,(H,24,27)/t15-/m0/s1. The molecular weight excluding hydrogens is 355 g/mol. The molecule has 3 rings (SSSR count). The fourth-order valence-corrected chi connectivity index (χ4v) is 3.30. The highest BCUT2D eigenvalue weighted by molar-refractivity contribution is 5.90. The molecule has 1 fully saturated rings. The van der Waals surface area contributed by atoms with Crippen LogP contribution >= 0.6 is 0 Å². The van der Waals surface area contributed by atoms with Gasteiger partial charge in [-0.05, 0) is 38.1 Å². The molecule has 0 saturated carbocycles. The molecule has 1 N–H and O–H groups in total. The summed E-state index contributed by atoms with van der Waals surface area (Å²) in [5, 5.41) is 2.42. The van der Waals surface area contributed by atoms with Crippen LogP contribution in [0.4, 0.5) is 29.3 Å². The van der Waals surface area contributed by atoms with Gasteiger partial charge in [-0.15, -0.1) is 0 Å². The van der Waals surface area contributed by atoms with Gasteiger partial charge in [-0.2, -0.15) is 13.2 Å². The Balaban J connectivity index is 1.67. The van der Waals surface area contributed by atoms with Gasteiger partial charge >= 0.3 is 12.2 Å². The van der Waals surface area contributed by atoms with E-state index in [9.17, 15) is 18.0 Å². The van der Waals surface area contributed by atoms with Crippen molar-refractivity contribution < 1.29 is 18.0 Å². The Morgan fingerprint density at radius 1 is 1.07 bits per heavy atom. The molecule has 2 aromatic rings. The van der Waals surface area contributed by atoms with Crippen LogP contribution < -0.4 is 10.2 Å². The summed E-state index contributed by atoms with van der Waals surface area (Å²) in [5.41, 5.74) is 1.19. The zero-order chi connectivity index (χ0) is 19.6. The van der Waals surface area contributed by atoms with Crippen molar-refractivity contribution in [2.45, 2.75) is 26.1 Å². The number of piperazine rings is 1. The number of hydrogen-bond acceptors (Lipinski definition) is 2. The van der Waals surface area contributed by atoms with Crippen molar-refractivity contribution in [1.82, 2.24) is 4.90 Å². The summed E-state index contributed by atoms with van der Waals surface area (Å²) in [7, 11) is 0. The number of alkyl halides is 3. The number of urea groups is 1. The minimum atomic E-state index is -4.51. The van der Waals surface area contributed by atoms with Crippen molar-refractivity contribution in [3.8, 4) is 0 Å². The van der Waals surface area contributed by atoms with E-state index in [0.29, 0.717) is 19.6 Å². The second-order valence-electron chi connectivity index (χ2n) is 6.80. The number of amides is 2. The van der Waals surface area contributed by atoms with Crippen LogP contribution in [0.5, 0.6) is 0 Å². The first-order valence-corrected chi connectivity index (χ1v) is 8.81. The number of carbonyl (C=O) groups excluding carboxylic acids is 1. The molecule has 0 aromatic heterocycles. The number of nitrogens with one attached hydrogen (secondary N) is 1. The normalized spacial score (nSPS) is 17.7. The number of halogens is 3. The second kappa shape index (κ2) is 7.50. The highest BCUT2D eigenvalue weighted by atomic mass is 19.4. The topological polar surface area (TPSA) is 35.6 Å². The molecule has 144 valence electrons. The van der Waals surface area contributed by atoms with Gasteiger partial charge < -0.3 is 15.1 Å². The number of benzene rings is 2.